The molecule has 0 saturated carbocycles. The number of hydrogen-bond acceptors (Lipinski definition) is 11. The van der Waals surface area contributed by atoms with Crippen LogP contribution in [0, 0.1) is 30.3 Å². The molecule has 0 bridgehead atoms. The van der Waals surface area contributed by atoms with Gasteiger partial charge in [0.15, 0.2) is 0 Å². The molecule has 0 amide bonds. The molecule has 2 aromatic heterocycles. The average molecular weight is 604 g/mol. The van der Waals surface area contributed by atoms with E-state index >= 15 is 0 Å². The van der Waals surface area contributed by atoms with Crippen LogP contribution >= 0.6 is 0 Å². The summed E-state index contributed by atoms with van der Waals surface area (Å²) in [6.45, 7) is 0. The van der Waals surface area contributed by atoms with Crippen LogP contribution in [-0.2, 0) is 10.2 Å². The largest absolute Gasteiger partial charge is 0.326 e. The van der Waals surface area contributed by atoms with E-state index < -0.39 is 25.0 Å². The van der Waals surface area contributed by atoms with Crippen LogP contribution in [0.3, 0.4) is 0 Å². The van der Waals surface area contributed by atoms with Gasteiger partial charge in [0, 0.05) is 53.1 Å². The second-order valence-corrected chi connectivity index (χ2v) is 10.1. The van der Waals surface area contributed by atoms with Crippen LogP contribution in [0.15, 0.2) is 85.1 Å². The van der Waals surface area contributed by atoms with Gasteiger partial charge in [-0.3, -0.25) is 30.3 Å². The Morgan fingerprint density at radius 1 is 0.628 bits per heavy atom. The molecule has 3 aromatic carbocycles. The lowest BCUT2D eigenvalue weighted by Gasteiger charge is -2.11. The maximum Gasteiger partial charge on any atom is 0.326 e. The Bertz CT molecular complexity index is 1890. The van der Waals surface area contributed by atoms with Gasteiger partial charge in [0.2, 0.25) is 11.9 Å². The highest BCUT2D eigenvalue weighted by molar-refractivity contribution is 7.93. The molecule has 3 N–H and O–H groups in total. The third kappa shape index (κ3) is 6.55. The molecule has 0 fully saturated rings. The van der Waals surface area contributed by atoms with Crippen molar-refractivity contribution in [2.75, 3.05) is 9.44 Å². The van der Waals surface area contributed by atoms with Crippen molar-refractivity contribution < 1.29 is 23.2 Å². The lowest BCUT2D eigenvalue weighted by molar-refractivity contribution is -0.385. The van der Waals surface area contributed by atoms with Crippen molar-refractivity contribution in [3.63, 3.8) is 0 Å². The molecule has 18 heteroatoms. The number of nitrogens with one attached hydrogen (secondary N) is 3. The lowest BCUT2D eigenvalue weighted by atomic mass is 10.1. The van der Waals surface area contributed by atoms with Crippen molar-refractivity contribution in [3.05, 3.63) is 115 Å². The summed E-state index contributed by atoms with van der Waals surface area (Å²) in [5.41, 5.74) is 1.68. The van der Waals surface area contributed by atoms with Gasteiger partial charge in [-0.2, -0.15) is 8.42 Å². The Kier molecular flexibility index (Phi) is 7.41. The first-order chi connectivity index (χ1) is 20.5. The molecule has 17 nitrogen and oxygen atoms in total. The van der Waals surface area contributed by atoms with E-state index in [1.165, 1.54) is 85.1 Å². The van der Waals surface area contributed by atoms with Crippen molar-refractivity contribution in [1.29, 1.82) is 0 Å². The summed E-state index contributed by atoms with van der Waals surface area (Å²) < 4.78 is 30.4. The second kappa shape index (κ2) is 11.3. The van der Waals surface area contributed by atoms with Crippen LogP contribution in [-0.4, -0.2) is 43.1 Å². The maximum atomic E-state index is 13.0. The molecule has 0 radical (unpaired) electrons. The number of anilines is 2. The minimum absolute atomic E-state index is 0.113. The summed E-state index contributed by atoms with van der Waals surface area (Å²) in [6, 6.07) is 17.8. The molecule has 0 spiro atoms. The molecular weight excluding hydrogens is 586 g/mol. The molecule has 43 heavy (non-hydrogen) atoms. The fourth-order valence-corrected chi connectivity index (χ4v) is 4.59. The number of rotatable bonds is 10. The van der Waals surface area contributed by atoms with Crippen LogP contribution in [0.5, 0.6) is 0 Å². The third-order valence-corrected chi connectivity index (χ3v) is 6.81. The summed E-state index contributed by atoms with van der Waals surface area (Å²) in [5, 5.41) is 33.0. The zero-order chi connectivity index (χ0) is 30.7. The quantitative estimate of drug-likeness (QED) is 0.146. The van der Waals surface area contributed by atoms with E-state index in [1.807, 2.05) is 0 Å². The molecule has 216 valence electrons. The first-order valence-corrected chi connectivity index (χ1v) is 13.4. The molecular formula is C25H17N9O8S. The number of aromatic amines is 1. The SMILES string of the molecule is O=[N+]([O-])c1ccc(-c2cc(-c3ccc([N+](=O)[O-])cc3)nc(NS(=O)(=O)Nc3ncc(-c4ccc([N+](=O)[O-])cc4)[nH]3)n2)cc1. The van der Waals surface area contributed by atoms with Crippen molar-refractivity contribution >= 4 is 39.2 Å². The molecule has 0 saturated heterocycles. The van der Waals surface area contributed by atoms with E-state index in [0.29, 0.717) is 22.4 Å². The molecule has 5 aromatic rings. The van der Waals surface area contributed by atoms with Gasteiger partial charge in [-0.1, -0.05) is 0 Å². The van der Waals surface area contributed by atoms with Gasteiger partial charge in [0.1, 0.15) is 0 Å². The predicted molar refractivity (Wildman–Crippen MR) is 153 cm³/mol. The highest BCUT2D eigenvalue weighted by Crippen LogP contribution is 2.28. The number of imidazole rings is 1. The number of nitrogens with zero attached hydrogens (tertiary/aromatic N) is 6. The minimum Gasteiger partial charge on any atom is -0.323 e. The topological polar surface area (TPSA) is 242 Å². The molecule has 0 aliphatic rings. The van der Waals surface area contributed by atoms with Gasteiger partial charge in [0.05, 0.1) is 38.0 Å². The van der Waals surface area contributed by atoms with Gasteiger partial charge in [-0.05, 0) is 42.5 Å². The smallest absolute Gasteiger partial charge is 0.323 e. The predicted octanol–water partition coefficient (Wildman–Crippen LogP) is 4.69. The summed E-state index contributed by atoms with van der Waals surface area (Å²) in [6.07, 6.45) is 1.33. The minimum atomic E-state index is -4.39. The zero-order valence-electron chi connectivity index (χ0n) is 21.4. The lowest BCUT2D eigenvalue weighted by Crippen LogP contribution is -2.23. The monoisotopic (exact) mass is 603 g/mol. The van der Waals surface area contributed by atoms with Crippen LogP contribution in [0.1, 0.15) is 0 Å². The zero-order valence-corrected chi connectivity index (χ0v) is 22.3. The highest BCUT2D eigenvalue weighted by atomic mass is 32.2. The number of aromatic nitrogens is 4. The van der Waals surface area contributed by atoms with Gasteiger partial charge >= 0.3 is 10.2 Å². The Morgan fingerprint density at radius 2 is 1.05 bits per heavy atom. The first kappa shape index (κ1) is 28.2. The van der Waals surface area contributed by atoms with Crippen molar-refractivity contribution in [1.82, 2.24) is 19.9 Å². The van der Waals surface area contributed by atoms with Crippen LogP contribution in [0.4, 0.5) is 29.0 Å². The fraction of sp³-hybridized carbons (Fsp3) is 0. The average Bonchev–Trinajstić information content (AvgIpc) is 3.44. The fourth-order valence-electron chi connectivity index (χ4n) is 3.85. The highest BCUT2D eigenvalue weighted by Gasteiger charge is 2.18. The van der Waals surface area contributed by atoms with E-state index in [-0.39, 0.29) is 40.3 Å². The summed E-state index contributed by atoms with van der Waals surface area (Å²) in [7, 11) is -4.39. The van der Waals surface area contributed by atoms with Crippen LogP contribution < -0.4 is 9.44 Å². The molecule has 0 aliphatic heterocycles. The first-order valence-electron chi connectivity index (χ1n) is 12.0. The Labute approximate surface area is 240 Å². The van der Waals surface area contributed by atoms with Crippen LogP contribution in [0.2, 0.25) is 0 Å². The van der Waals surface area contributed by atoms with Gasteiger partial charge < -0.3 is 4.98 Å². The van der Waals surface area contributed by atoms with E-state index in [9.17, 15) is 38.8 Å². The van der Waals surface area contributed by atoms with Crippen molar-refractivity contribution in [2.45, 2.75) is 0 Å². The number of nitro benzene ring substituents is 3. The number of benzene rings is 3. The second-order valence-electron chi connectivity index (χ2n) is 8.73. The third-order valence-electron chi connectivity index (χ3n) is 5.90. The number of nitro groups is 3. The van der Waals surface area contributed by atoms with Gasteiger partial charge in [0.25, 0.3) is 17.1 Å². The summed E-state index contributed by atoms with van der Waals surface area (Å²) in [5.74, 6) is -0.554. The van der Waals surface area contributed by atoms with E-state index in [2.05, 4.69) is 29.4 Å². The Morgan fingerprint density at radius 3 is 1.47 bits per heavy atom. The molecule has 2 heterocycles. The van der Waals surface area contributed by atoms with E-state index in [1.54, 1.807) is 0 Å². The normalized spacial score (nSPS) is 11.1. The Hall–Kier alpha value is -6.30. The molecule has 0 unspecified atom stereocenters. The maximum absolute atomic E-state index is 13.0. The van der Waals surface area contributed by atoms with E-state index in [0.717, 1.165) is 0 Å². The van der Waals surface area contributed by atoms with Crippen molar-refractivity contribution in [2.24, 2.45) is 0 Å². The molecule has 0 atom stereocenters. The summed E-state index contributed by atoms with van der Waals surface area (Å²) in [4.78, 5) is 46.5. The van der Waals surface area contributed by atoms with Gasteiger partial charge in [-0.15, -0.1) is 0 Å². The number of hydrogen-bond donors (Lipinski definition) is 3. The summed E-state index contributed by atoms with van der Waals surface area (Å²) >= 11 is 0. The Balaban J connectivity index is 1.44. The standard InChI is InChI=1S/C25H17N9O8S/c35-32(36)18-7-1-15(2-8-18)21-13-22(16-3-9-19(10-4-16)33(37)38)28-25(27-21)31-43(41,42)30-24-26-14-23(29-24)17-5-11-20(12-6-17)34(39)40/h1-14H,(H2,26,29,30)(H,27,28,31). The van der Waals surface area contributed by atoms with Gasteiger partial charge in [-0.25, -0.2) is 24.4 Å². The van der Waals surface area contributed by atoms with Crippen LogP contribution in [0.25, 0.3) is 33.8 Å². The molecule has 0 aliphatic carbocycles. The number of non-ortho nitro benzene ring substituents is 3. The van der Waals surface area contributed by atoms with E-state index in [4.69, 9.17) is 0 Å². The van der Waals surface area contributed by atoms with Crippen molar-refractivity contribution in [3.8, 4) is 33.8 Å². The number of H-pyrrole nitrogens is 1. The molecule has 5 rings (SSSR count).